The maximum atomic E-state index is 6.33. The molecule has 1 aliphatic rings. The van der Waals surface area contributed by atoms with Crippen molar-refractivity contribution < 1.29 is 4.74 Å². The van der Waals surface area contributed by atoms with Crippen molar-refractivity contribution in [1.82, 2.24) is 4.90 Å². The summed E-state index contributed by atoms with van der Waals surface area (Å²) in [6.45, 7) is 1.09. The summed E-state index contributed by atoms with van der Waals surface area (Å²) in [7, 11) is 4.24. The summed E-state index contributed by atoms with van der Waals surface area (Å²) in [4.78, 5) is 4.75. The third-order valence-corrected chi connectivity index (χ3v) is 4.82. The highest BCUT2D eigenvalue weighted by Crippen LogP contribution is 2.44. The van der Waals surface area contributed by atoms with Gasteiger partial charge in [0.25, 0.3) is 0 Å². The van der Waals surface area contributed by atoms with Gasteiger partial charge in [0, 0.05) is 10.5 Å². The monoisotopic (exact) mass is 299 g/mol. The molecule has 1 heterocycles. The topological polar surface area (TPSA) is 12.5 Å². The number of nitrogens with zero attached hydrogens (tertiary/aromatic N) is 1. The Morgan fingerprint density at radius 3 is 2.52 bits per heavy atom. The maximum Gasteiger partial charge on any atom is 0.134 e. The van der Waals surface area contributed by atoms with Crippen LogP contribution in [0.1, 0.15) is 24.5 Å². The molecule has 110 valence electrons. The van der Waals surface area contributed by atoms with E-state index in [9.17, 15) is 0 Å². The van der Waals surface area contributed by atoms with Crippen LogP contribution in [0.2, 0.25) is 0 Å². The van der Waals surface area contributed by atoms with Crippen molar-refractivity contribution in [3.63, 3.8) is 0 Å². The Balaban J connectivity index is 1.88. The SMILES string of the molecule is CN(C)CCC[C@H]1Oc2ccccc2Sc2ccccc21. The number of para-hydroxylation sites is 1. The summed E-state index contributed by atoms with van der Waals surface area (Å²) >= 11 is 1.81. The van der Waals surface area contributed by atoms with Crippen LogP contribution < -0.4 is 4.74 Å². The average Bonchev–Trinajstić information content (AvgIpc) is 2.63. The summed E-state index contributed by atoms with van der Waals surface area (Å²) in [6, 6.07) is 17.0. The highest BCUT2D eigenvalue weighted by molar-refractivity contribution is 7.99. The normalized spacial score (nSPS) is 16.8. The van der Waals surface area contributed by atoms with Crippen molar-refractivity contribution in [2.45, 2.75) is 28.7 Å². The molecule has 0 aliphatic carbocycles. The molecule has 1 atom stereocenters. The van der Waals surface area contributed by atoms with Crippen molar-refractivity contribution in [2.24, 2.45) is 0 Å². The molecule has 0 amide bonds. The Morgan fingerprint density at radius 1 is 1.00 bits per heavy atom. The number of hydrogen-bond acceptors (Lipinski definition) is 3. The summed E-state index contributed by atoms with van der Waals surface area (Å²) < 4.78 is 6.33. The molecule has 3 heteroatoms. The van der Waals surface area contributed by atoms with Crippen LogP contribution in [0.3, 0.4) is 0 Å². The van der Waals surface area contributed by atoms with E-state index in [1.165, 1.54) is 15.4 Å². The Bertz CT molecular complexity index is 612. The molecular formula is C18H21NOS. The van der Waals surface area contributed by atoms with Crippen molar-refractivity contribution >= 4 is 11.8 Å². The lowest BCUT2D eigenvalue weighted by Gasteiger charge is -2.20. The van der Waals surface area contributed by atoms with Crippen LogP contribution in [-0.2, 0) is 0 Å². The Kier molecular flexibility index (Phi) is 4.51. The first-order valence-electron chi connectivity index (χ1n) is 7.41. The van der Waals surface area contributed by atoms with Crippen LogP contribution >= 0.6 is 11.8 Å². The molecule has 0 aromatic heterocycles. The molecule has 21 heavy (non-hydrogen) atoms. The third-order valence-electron chi connectivity index (χ3n) is 3.68. The molecule has 0 unspecified atom stereocenters. The Hall–Kier alpha value is -1.45. The van der Waals surface area contributed by atoms with Gasteiger partial charge in [0.1, 0.15) is 11.9 Å². The van der Waals surface area contributed by atoms with Crippen molar-refractivity contribution in [1.29, 1.82) is 0 Å². The summed E-state index contributed by atoms with van der Waals surface area (Å²) in [5, 5.41) is 0. The standard InChI is InChI=1S/C18H21NOS/c1-19(2)13-7-10-15-14-8-3-5-11-17(14)21-18-12-6-4-9-16(18)20-15/h3-6,8-9,11-12,15H,7,10,13H2,1-2H3/t15-/m1/s1. The van der Waals surface area contributed by atoms with Gasteiger partial charge in [-0.1, -0.05) is 42.1 Å². The van der Waals surface area contributed by atoms with Gasteiger partial charge in [-0.05, 0) is 51.7 Å². The second-order valence-corrected chi connectivity index (χ2v) is 6.72. The number of fused-ring (bicyclic) bond motifs is 2. The fraction of sp³-hybridized carbons (Fsp3) is 0.333. The molecule has 2 aromatic carbocycles. The number of rotatable bonds is 4. The largest absolute Gasteiger partial charge is 0.485 e. The van der Waals surface area contributed by atoms with Gasteiger partial charge in [-0.3, -0.25) is 0 Å². The van der Waals surface area contributed by atoms with Crippen LogP contribution in [0.5, 0.6) is 5.75 Å². The van der Waals surface area contributed by atoms with E-state index in [-0.39, 0.29) is 6.10 Å². The second kappa shape index (κ2) is 6.54. The summed E-state index contributed by atoms with van der Waals surface area (Å²) in [5.41, 5.74) is 1.32. The minimum absolute atomic E-state index is 0.150. The predicted octanol–water partition coefficient (Wildman–Crippen LogP) is 4.61. The molecule has 2 aromatic rings. The minimum atomic E-state index is 0.150. The van der Waals surface area contributed by atoms with Crippen molar-refractivity contribution in [2.75, 3.05) is 20.6 Å². The van der Waals surface area contributed by atoms with E-state index in [0.29, 0.717) is 0 Å². The summed E-state index contributed by atoms with van der Waals surface area (Å²) in [6.07, 6.45) is 2.33. The zero-order chi connectivity index (χ0) is 14.7. The molecule has 1 aliphatic heterocycles. The first kappa shape index (κ1) is 14.5. The number of benzene rings is 2. The fourth-order valence-electron chi connectivity index (χ4n) is 2.61. The van der Waals surface area contributed by atoms with Crippen LogP contribution in [0, 0.1) is 0 Å². The number of hydrogen-bond donors (Lipinski definition) is 0. The van der Waals surface area contributed by atoms with E-state index in [1.807, 2.05) is 17.8 Å². The van der Waals surface area contributed by atoms with Gasteiger partial charge < -0.3 is 9.64 Å². The molecule has 0 saturated heterocycles. The van der Waals surface area contributed by atoms with Gasteiger partial charge >= 0.3 is 0 Å². The highest BCUT2D eigenvalue weighted by Gasteiger charge is 2.22. The fourth-order valence-corrected chi connectivity index (χ4v) is 3.68. The Labute approximate surface area is 131 Å². The van der Waals surface area contributed by atoms with E-state index in [0.717, 1.165) is 25.1 Å². The van der Waals surface area contributed by atoms with E-state index in [2.05, 4.69) is 61.5 Å². The van der Waals surface area contributed by atoms with Crippen LogP contribution in [0.25, 0.3) is 0 Å². The molecule has 3 rings (SSSR count). The van der Waals surface area contributed by atoms with E-state index in [1.54, 1.807) is 0 Å². The molecule has 0 spiro atoms. The summed E-state index contributed by atoms with van der Waals surface area (Å²) in [5.74, 6) is 1.01. The van der Waals surface area contributed by atoms with E-state index >= 15 is 0 Å². The average molecular weight is 299 g/mol. The molecule has 0 radical (unpaired) electrons. The van der Waals surface area contributed by atoms with Gasteiger partial charge in [0.05, 0.1) is 4.90 Å². The van der Waals surface area contributed by atoms with Gasteiger partial charge in [0.15, 0.2) is 0 Å². The van der Waals surface area contributed by atoms with E-state index in [4.69, 9.17) is 4.74 Å². The number of ether oxygens (including phenoxy) is 1. The van der Waals surface area contributed by atoms with E-state index < -0.39 is 0 Å². The zero-order valence-electron chi connectivity index (χ0n) is 12.6. The molecule has 0 N–H and O–H groups in total. The molecule has 2 nitrogen and oxygen atoms in total. The molecular weight excluding hydrogens is 278 g/mol. The third kappa shape index (κ3) is 3.42. The highest BCUT2D eigenvalue weighted by atomic mass is 32.2. The maximum absolute atomic E-state index is 6.33. The first-order chi connectivity index (χ1) is 10.2. The first-order valence-corrected chi connectivity index (χ1v) is 8.23. The van der Waals surface area contributed by atoms with Gasteiger partial charge in [-0.2, -0.15) is 0 Å². The lowest BCUT2D eigenvalue weighted by molar-refractivity contribution is 0.181. The van der Waals surface area contributed by atoms with Gasteiger partial charge in [0.2, 0.25) is 0 Å². The van der Waals surface area contributed by atoms with Crippen LogP contribution in [0.4, 0.5) is 0 Å². The Morgan fingerprint density at radius 2 is 1.71 bits per heavy atom. The predicted molar refractivity (Wildman–Crippen MR) is 88.2 cm³/mol. The minimum Gasteiger partial charge on any atom is -0.485 e. The zero-order valence-corrected chi connectivity index (χ0v) is 13.4. The lowest BCUT2D eigenvalue weighted by atomic mass is 10.0. The molecule has 0 fully saturated rings. The van der Waals surface area contributed by atoms with Crippen molar-refractivity contribution in [3.05, 3.63) is 54.1 Å². The molecule has 0 saturated carbocycles. The molecule has 0 bridgehead atoms. The van der Waals surface area contributed by atoms with Crippen LogP contribution in [-0.4, -0.2) is 25.5 Å². The lowest BCUT2D eigenvalue weighted by Crippen LogP contribution is -2.15. The second-order valence-electron chi connectivity index (χ2n) is 5.64. The quantitative estimate of drug-likeness (QED) is 0.818. The smallest absolute Gasteiger partial charge is 0.134 e. The van der Waals surface area contributed by atoms with Gasteiger partial charge in [-0.15, -0.1) is 0 Å². The van der Waals surface area contributed by atoms with Crippen LogP contribution in [0.15, 0.2) is 58.3 Å². The van der Waals surface area contributed by atoms with Gasteiger partial charge in [-0.25, -0.2) is 0 Å². The van der Waals surface area contributed by atoms with Crippen molar-refractivity contribution in [3.8, 4) is 5.75 Å².